The van der Waals surface area contributed by atoms with E-state index in [1.165, 1.54) is 5.56 Å². The van der Waals surface area contributed by atoms with Gasteiger partial charge in [-0.1, -0.05) is 29.5 Å². The molecule has 1 atom stereocenters. The number of rotatable bonds is 7. The average Bonchev–Trinajstić information content (AvgIpc) is 2.82. The Hall–Kier alpha value is -3.06. The third kappa shape index (κ3) is 5.79. The molecule has 0 unspecified atom stereocenters. The fourth-order valence-electron chi connectivity index (χ4n) is 3.71. The number of aromatic nitrogens is 2. The number of aryl methyl sites for hydroxylation is 1. The zero-order valence-corrected chi connectivity index (χ0v) is 19.3. The lowest BCUT2D eigenvalue weighted by Gasteiger charge is -2.32. The van der Waals surface area contributed by atoms with Crippen LogP contribution in [-0.2, 0) is 4.79 Å². The van der Waals surface area contributed by atoms with Crippen LogP contribution in [0.4, 0.5) is 11.5 Å². The number of piperidine rings is 1. The second kappa shape index (κ2) is 10.5. The van der Waals surface area contributed by atoms with Gasteiger partial charge in [-0.3, -0.25) is 4.79 Å². The predicted molar refractivity (Wildman–Crippen MR) is 129 cm³/mol. The van der Waals surface area contributed by atoms with Gasteiger partial charge in [0.2, 0.25) is 5.91 Å². The van der Waals surface area contributed by atoms with Crippen molar-refractivity contribution in [2.45, 2.75) is 36.6 Å². The molecule has 7 heteroatoms. The Bertz CT molecular complexity index is 1020. The number of benzene rings is 2. The molecule has 2 aromatic carbocycles. The molecule has 166 valence electrons. The summed E-state index contributed by atoms with van der Waals surface area (Å²) in [6.45, 7) is 6.17. The molecule has 1 aliphatic rings. The van der Waals surface area contributed by atoms with Gasteiger partial charge in [0.15, 0.2) is 5.82 Å². The largest absolute Gasteiger partial charge is 0.494 e. The molecule has 32 heavy (non-hydrogen) atoms. The van der Waals surface area contributed by atoms with Crippen LogP contribution in [0.3, 0.4) is 0 Å². The van der Waals surface area contributed by atoms with E-state index in [1.807, 2.05) is 43.3 Å². The van der Waals surface area contributed by atoms with E-state index in [9.17, 15) is 4.79 Å². The van der Waals surface area contributed by atoms with Crippen LogP contribution >= 0.6 is 11.8 Å². The highest BCUT2D eigenvalue weighted by atomic mass is 32.2. The van der Waals surface area contributed by atoms with Gasteiger partial charge in [0, 0.05) is 23.7 Å². The number of nitrogens with zero attached hydrogens (tertiary/aromatic N) is 3. The smallest absolute Gasteiger partial charge is 0.229 e. The summed E-state index contributed by atoms with van der Waals surface area (Å²) in [6, 6.07) is 19.9. The van der Waals surface area contributed by atoms with Crippen LogP contribution in [0, 0.1) is 12.8 Å². The van der Waals surface area contributed by atoms with E-state index in [4.69, 9.17) is 4.74 Å². The van der Waals surface area contributed by atoms with E-state index in [-0.39, 0.29) is 11.8 Å². The molecule has 0 bridgehead atoms. The first kappa shape index (κ1) is 22.1. The maximum atomic E-state index is 12.8. The Balaban J connectivity index is 1.34. The Morgan fingerprint density at radius 1 is 1.09 bits per heavy atom. The summed E-state index contributed by atoms with van der Waals surface area (Å²) in [5, 5.41) is 12.7. The van der Waals surface area contributed by atoms with Gasteiger partial charge in [-0.15, -0.1) is 10.2 Å². The average molecular weight is 449 g/mol. The molecule has 1 fully saturated rings. The molecule has 3 aromatic rings. The van der Waals surface area contributed by atoms with Crippen LogP contribution in [-0.4, -0.2) is 35.8 Å². The Labute approximate surface area is 193 Å². The molecule has 1 aliphatic heterocycles. The van der Waals surface area contributed by atoms with Gasteiger partial charge in [0.1, 0.15) is 10.8 Å². The van der Waals surface area contributed by atoms with E-state index in [0.29, 0.717) is 13.2 Å². The molecule has 6 nitrogen and oxygen atoms in total. The quantitative estimate of drug-likeness (QED) is 0.537. The first-order valence-corrected chi connectivity index (χ1v) is 11.8. The topological polar surface area (TPSA) is 67.3 Å². The lowest BCUT2D eigenvalue weighted by Crippen LogP contribution is -2.41. The predicted octanol–water partition coefficient (Wildman–Crippen LogP) is 5.19. The minimum absolute atomic E-state index is 0.0402. The number of carbonyl (C=O) groups excluding carboxylic acids is 1. The molecule has 2 heterocycles. The van der Waals surface area contributed by atoms with Crippen LogP contribution in [0.15, 0.2) is 70.6 Å². The number of nitrogens with one attached hydrogen (secondary N) is 1. The van der Waals surface area contributed by atoms with Crippen LogP contribution in [0.5, 0.6) is 5.75 Å². The molecule has 1 saturated heterocycles. The first-order valence-electron chi connectivity index (χ1n) is 11.0. The third-order valence-electron chi connectivity index (χ3n) is 5.42. The van der Waals surface area contributed by atoms with Gasteiger partial charge in [-0.2, -0.15) is 0 Å². The SMILES string of the molecule is CCOc1ccc(NC(=O)[C@@H]2CCCN(c3ccc(Sc4ccc(C)cc4)nn3)C2)cc1. The summed E-state index contributed by atoms with van der Waals surface area (Å²) in [7, 11) is 0. The highest BCUT2D eigenvalue weighted by Gasteiger charge is 2.27. The summed E-state index contributed by atoms with van der Waals surface area (Å²) >= 11 is 1.60. The molecule has 0 spiro atoms. The Morgan fingerprint density at radius 2 is 1.88 bits per heavy atom. The summed E-state index contributed by atoms with van der Waals surface area (Å²) in [4.78, 5) is 16.1. The van der Waals surface area contributed by atoms with Gasteiger partial charge >= 0.3 is 0 Å². The van der Waals surface area contributed by atoms with Gasteiger partial charge in [-0.05, 0) is 75.2 Å². The van der Waals surface area contributed by atoms with Crippen molar-refractivity contribution in [2.24, 2.45) is 5.92 Å². The fraction of sp³-hybridized carbons (Fsp3) is 0.320. The Kier molecular flexibility index (Phi) is 7.27. The number of anilines is 2. The van der Waals surface area contributed by atoms with Crippen molar-refractivity contribution in [3.8, 4) is 5.75 Å². The second-order valence-electron chi connectivity index (χ2n) is 7.88. The van der Waals surface area contributed by atoms with Crippen LogP contribution in [0.25, 0.3) is 0 Å². The summed E-state index contributed by atoms with van der Waals surface area (Å²) in [5.41, 5.74) is 2.02. The van der Waals surface area contributed by atoms with E-state index < -0.39 is 0 Å². The number of hydrogen-bond acceptors (Lipinski definition) is 6. The zero-order valence-electron chi connectivity index (χ0n) is 18.5. The lowest BCUT2D eigenvalue weighted by molar-refractivity contribution is -0.120. The minimum atomic E-state index is -0.0845. The molecular formula is C25H28N4O2S. The van der Waals surface area contributed by atoms with Gasteiger partial charge < -0.3 is 15.0 Å². The van der Waals surface area contributed by atoms with Gasteiger partial charge in [0.25, 0.3) is 0 Å². The highest BCUT2D eigenvalue weighted by molar-refractivity contribution is 7.99. The second-order valence-corrected chi connectivity index (χ2v) is 8.97. The molecule has 1 aromatic heterocycles. The first-order chi connectivity index (χ1) is 15.6. The molecule has 1 N–H and O–H groups in total. The van der Waals surface area contributed by atoms with Crippen molar-refractivity contribution in [1.29, 1.82) is 0 Å². The highest BCUT2D eigenvalue weighted by Crippen LogP contribution is 2.28. The van der Waals surface area contributed by atoms with Crippen molar-refractivity contribution in [1.82, 2.24) is 10.2 Å². The molecule has 4 rings (SSSR count). The monoisotopic (exact) mass is 448 g/mol. The standard InChI is InChI=1S/C25H28N4O2S/c1-3-31-21-10-8-20(9-11-21)26-25(30)19-5-4-16-29(17-19)23-14-15-24(28-27-23)32-22-12-6-18(2)7-13-22/h6-15,19H,3-5,16-17H2,1-2H3,(H,26,30)/t19-/m1/s1. The van der Waals surface area contributed by atoms with Crippen molar-refractivity contribution in [3.63, 3.8) is 0 Å². The molecular weight excluding hydrogens is 420 g/mol. The van der Waals surface area contributed by atoms with Crippen molar-refractivity contribution in [2.75, 3.05) is 29.9 Å². The van der Waals surface area contributed by atoms with Crippen molar-refractivity contribution < 1.29 is 9.53 Å². The Morgan fingerprint density at radius 3 is 2.56 bits per heavy atom. The molecule has 0 radical (unpaired) electrons. The molecule has 0 saturated carbocycles. The summed E-state index contributed by atoms with van der Waals surface area (Å²) < 4.78 is 5.46. The van der Waals surface area contributed by atoms with Crippen LogP contribution in [0.2, 0.25) is 0 Å². The molecule has 1 amide bonds. The number of amides is 1. The number of hydrogen-bond donors (Lipinski definition) is 1. The van der Waals surface area contributed by atoms with Crippen LogP contribution in [0.1, 0.15) is 25.3 Å². The maximum Gasteiger partial charge on any atom is 0.229 e. The minimum Gasteiger partial charge on any atom is -0.494 e. The van der Waals surface area contributed by atoms with E-state index in [2.05, 4.69) is 51.6 Å². The lowest BCUT2D eigenvalue weighted by atomic mass is 9.97. The van der Waals surface area contributed by atoms with Crippen molar-refractivity contribution >= 4 is 29.2 Å². The summed E-state index contributed by atoms with van der Waals surface area (Å²) in [5.74, 6) is 1.57. The number of carbonyl (C=O) groups is 1. The summed E-state index contributed by atoms with van der Waals surface area (Å²) in [6.07, 6.45) is 1.82. The number of ether oxygens (including phenoxy) is 1. The third-order valence-corrected chi connectivity index (χ3v) is 6.35. The van der Waals surface area contributed by atoms with Gasteiger partial charge in [0.05, 0.1) is 12.5 Å². The van der Waals surface area contributed by atoms with E-state index in [1.54, 1.807) is 11.8 Å². The van der Waals surface area contributed by atoms with Crippen LogP contribution < -0.4 is 15.0 Å². The maximum absolute atomic E-state index is 12.8. The molecule has 0 aliphatic carbocycles. The normalized spacial score (nSPS) is 15.9. The van der Waals surface area contributed by atoms with E-state index >= 15 is 0 Å². The fourth-order valence-corrected chi connectivity index (χ4v) is 4.44. The van der Waals surface area contributed by atoms with Gasteiger partial charge in [-0.25, -0.2) is 0 Å². The van der Waals surface area contributed by atoms with Crippen molar-refractivity contribution in [3.05, 3.63) is 66.2 Å². The zero-order chi connectivity index (χ0) is 22.3. The van der Waals surface area contributed by atoms with E-state index in [0.717, 1.165) is 46.6 Å².